The van der Waals surface area contributed by atoms with Gasteiger partial charge in [0.25, 0.3) is 0 Å². The molecule has 8 heteroatoms. The van der Waals surface area contributed by atoms with Crippen LogP contribution in [0.15, 0.2) is 38.8 Å². The van der Waals surface area contributed by atoms with E-state index in [2.05, 4.69) is 48.3 Å². The van der Waals surface area contributed by atoms with Crippen LogP contribution in [0.25, 0.3) is 0 Å². The van der Waals surface area contributed by atoms with Crippen LogP contribution in [0, 0.1) is 0 Å². The number of aryl methyl sites for hydroxylation is 1. The summed E-state index contributed by atoms with van der Waals surface area (Å²) >= 11 is 6.91. The molecule has 5 nitrogen and oxygen atoms in total. The zero-order chi connectivity index (χ0) is 19.8. The van der Waals surface area contributed by atoms with Crippen molar-refractivity contribution < 1.29 is 4.79 Å². The van der Waals surface area contributed by atoms with Crippen LogP contribution in [-0.2, 0) is 11.2 Å². The maximum atomic E-state index is 12.1. The first-order valence-electron chi connectivity index (χ1n) is 9.81. The molecule has 1 aliphatic rings. The summed E-state index contributed by atoms with van der Waals surface area (Å²) in [5.74, 6) is 1.96. The van der Waals surface area contributed by atoms with Gasteiger partial charge in [-0.25, -0.2) is 0 Å². The molecule has 3 rings (SSSR count). The van der Waals surface area contributed by atoms with Crippen LogP contribution in [0.2, 0.25) is 0 Å². The summed E-state index contributed by atoms with van der Waals surface area (Å²) in [5, 5.41) is 12.8. The fraction of sp³-hybridized carbons (Fsp3) is 0.550. The zero-order valence-corrected chi connectivity index (χ0v) is 19.4. The first kappa shape index (κ1) is 21.7. The lowest BCUT2D eigenvalue weighted by Gasteiger charge is -2.16. The highest BCUT2D eigenvalue weighted by molar-refractivity contribution is 9.10. The fourth-order valence-corrected chi connectivity index (χ4v) is 5.61. The molecule has 0 aliphatic heterocycles. The van der Waals surface area contributed by atoms with Crippen molar-refractivity contribution in [2.75, 3.05) is 18.6 Å². The van der Waals surface area contributed by atoms with E-state index in [0.29, 0.717) is 19.0 Å². The Bertz CT molecular complexity index is 777. The lowest BCUT2D eigenvalue weighted by molar-refractivity contribution is -0.120. The van der Waals surface area contributed by atoms with Gasteiger partial charge in [0.1, 0.15) is 5.82 Å². The number of carbonyl (C=O) groups excluding carboxylic acids is 1. The van der Waals surface area contributed by atoms with Gasteiger partial charge in [-0.2, -0.15) is 0 Å². The van der Waals surface area contributed by atoms with E-state index in [9.17, 15) is 4.79 Å². The largest absolute Gasteiger partial charge is 0.356 e. The van der Waals surface area contributed by atoms with E-state index in [4.69, 9.17) is 0 Å². The van der Waals surface area contributed by atoms with Crippen LogP contribution >= 0.6 is 39.5 Å². The van der Waals surface area contributed by atoms with Crippen molar-refractivity contribution in [3.05, 3.63) is 34.6 Å². The van der Waals surface area contributed by atoms with Gasteiger partial charge >= 0.3 is 0 Å². The molecule has 152 valence electrons. The molecule has 1 saturated carbocycles. The van der Waals surface area contributed by atoms with E-state index in [1.54, 1.807) is 23.5 Å². The molecule has 0 unspecified atom stereocenters. The SMILES string of the molecule is CSc1nnc(CCCNC(=O)CCSc2ccccc2Br)n1C1CCCC1. The normalized spacial score (nSPS) is 14.5. The predicted octanol–water partition coefficient (Wildman–Crippen LogP) is 5.11. The highest BCUT2D eigenvalue weighted by Crippen LogP contribution is 2.33. The van der Waals surface area contributed by atoms with Crippen molar-refractivity contribution in [2.24, 2.45) is 0 Å². The van der Waals surface area contributed by atoms with Crippen LogP contribution in [0.3, 0.4) is 0 Å². The average Bonchev–Trinajstić information content (AvgIpc) is 3.36. The number of rotatable bonds is 10. The Hall–Kier alpha value is -0.990. The van der Waals surface area contributed by atoms with Gasteiger partial charge in [-0.15, -0.1) is 22.0 Å². The van der Waals surface area contributed by atoms with Crippen LogP contribution in [0.1, 0.15) is 50.4 Å². The first-order chi connectivity index (χ1) is 13.7. The van der Waals surface area contributed by atoms with Crippen molar-refractivity contribution >= 4 is 45.4 Å². The summed E-state index contributed by atoms with van der Waals surface area (Å²) in [5.41, 5.74) is 0. The van der Waals surface area contributed by atoms with Gasteiger partial charge in [-0.1, -0.05) is 36.7 Å². The third-order valence-electron chi connectivity index (χ3n) is 4.93. The minimum atomic E-state index is 0.113. The third kappa shape index (κ3) is 6.00. The molecule has 0 atom stereocenters. The second kappa shape index (κ2) is 11.3. The molecular weight excluding hydrogens is 456 g/mol. The minimum absolute atomic E-state index is 0.113. The maximum absolute atomic E-state index is 12.1. The minimum Gasteiger partial charge on any atom is -0.356 e. The van der Waals surface area contributed by atoms with E-state index >= 15 is 0 Å². The van der Waals surface area contributed by atoms with Crippen LogP contribution in [0.5, 0.6) is 0 Å². The summed E-state index contributed by atoms with van der Waals surface area (Å²) in [6.45, 7) is 0.685. The first-order valence-corrected chi connectivity index (χ1v) is 12.8. The number of benzene rings is 1. The van der Waals surface area contributed by atoms with E-state index in [-0.39, 0.29) is 5.91 Å². The summed E-state index contributed by atoms with van der Waals surface area (Å²) in [4.78, 5) is 13.3. The Morgan fingerprint density at radius 3 is 2.82 bits per heavy atom. The standard InChI is InChI=1S/C20H27BrN4OS2/c1-27-20-24-23-18(25(20)15-7-2-3-8-15)11-6-13-22-19(26)12-14-28-17-10-5-4-9-16(17)21/h4-5,9-10,15H,2-3,6-8,11-14H2,1H3,(H,22,26). The molecule has 28 heavy (non-hydrogen) atoms. The number of thioether (sulfide) groups is 2. The smallest absolute Gasteiger partial charge is 0.220 e. The number of halogens is 1. The predicted molar refractivity (Wildman–Crippen MR) is 120 cm³/mol. The monoisotopic (exact) mass is 482 g/mol. The molecule has 0 saturated heterocycles. The lowest BCUT2D eigenvalue weighted by Crippen LogP contribution is -2.25. The molecule has 1 aromatic heterocycles. The number of amides is 1. The zero-order valence-electron chi connectivity index (χ0n) is 16.2. The Balaban J connectivity index is 1.38. The third-order valence-corrected chi connectivity index (χ3v) is 7.60. The van der Waals surface area contributed by atoms with Crippen molar-refractivity contribution in [1.29, 1.82) is 0 Å². The van der Waals surface area contributed by atoms with Gasteiger partial charge in [-0.05, 0) is 53.6 Å². The van der Waals surface area contributed by atoms with Crippen molar-refractivity contribution in [1.82, 2.24) is 20.1 Å². The Morgan fingerprint density at radius 1 is 1.29 bits per heavy atom. The molecule has 0 spiro atoms. The number of nitrogens with one attached hydrogen (secondary N) is 1. The quantitative estimate of drug-likeness (QED) is 0.376. The van der Waals surface area contributed by atoms with E-state index in [1.165, 1.54) is 30.6 Å². The van der Waals surface area contributed by atoms with E-state index < -0.39 is 0 Å². The highest BCUT2D eigenvalue weighted by atomic mass is 79.9. The molecule has 1 amide bonds. The van der Waals surface area contributed by atoms with Crippen LogP contribution < -0.4 is 5.32 Å². The molecule has 1 fully saturated rings. The summed E-state index contributed by atoms with van der Waals surface area (Å²) < 4.78 is 3.42. The molecule has 0 bridgehead atoms. The Morgan fingerprint density at radius 2 is 2.07 bits per heavy atom. The van der Waals surface area contributed by atoms with Gasteiger partial charge in [-0.3, -0.25) is 4.79 Å². The Kier molecular flexibility index (Phi) is 8.73. The number of hydrogen-bond acceptors (Lipinski definition) is 5. The van der Waals surface area contributed by atoms with Crippen LogP contribution in [-0.4, -0.2) is 39.2 Å². The molecule has 1 aromatic carbocycles. The molecule has 1 aliphatic carbocycles. The van der Waals surface area contributed by atoms with Gasteiger partial charge in [0.05, 0.1) is 0 Å². The maximum Gasteiger partial charge on any atom is 0.220 e. The number of aromatic nitrogens is 3. The molecule has 2 aromatic rings. The number of hydrogen-bond donors (Lipinski definition) is 1. The molecule has 1 N–H and O–H groups in total. The van der Waals surface area contributed by atoms with Crippen molar-refractivity contribution in [3.63, 3.8) is 0 Å². The summed E-state index contributed by atoms with van der Waals surface area (Å²) in [6.07, 6.45) is 9.38. The van der Waals surface area contributed by atoms with E-state index in [0.717, 1.165) is 34.0 Å². The second-order valence-corrected chi connectivity index (χ2v) is 9.66. The summed E-state index contributed by atoms with van der Waals surface area (Å²) in [6, 6.07) is 8.65. The Labute approximate surface area is 184 Å². The van der Waals surface area contributed by atoms with Crippen molar-refractivity contribution in [2.45, 2.75) is 61.0 Å². The van der Waals surface area contributed by atoms with Crippen LogP contribution in [0.4, 0.5) is 0 Å². The lowest BCUT2D eigenvalue weighted by atomic mass is 10.2. The fourth-order valence-electron chi connectivity index (χ4n) is 3.52. The second-order valence-electron chi connectivity index (χ2n) is 6.89. The number of nitrogens with zero attached hydrogens (tertiary/aromatic N) is 3. The van der Waals surface area contributed by atoms with Gasteiger partial charge < -0.3 is 9.88 Å². The van der Waals surface area contributed by atoms with Gasteiger partial charge in [0.2, 0.25) is 5.91 Å². The number of carbonyl (C=O) groups is 1. The average molecular weight is 484 g/mol. The van der Waals surface area contributed by atoms with Crippen molar-refractivity contribution in [3.8, 4) is 0 Å². The summed E-state index contributed by atoms with van der Waals surface area (Å²) in [7, 11) is 0. The van der Waals surface area contributed by atoms with Gasteiger partial charge in [0, 0.05) is 40.5 Å². The highest BCUT2D eigenvalue weighted by Gasteiger charge is 2.23. The van der Waals surface area contributed by atoms with E-state index in [1.807, 2.05) is 18.2 Å². The van der Waals surface area contributed by atoms with Gasteiger partial charge in [0.15, 0.2) is 5.16 Å². The molecule has 1 heterocycles. The topological polar surface area (TPSA) is 59.8 Å². The molecule has 0 radical (unpaired) electrons. The molecular formula is C20H27BrN4OS2.